The Labute approximate surface area is 257 Å². The minimum Gasteiger partial charge on any atom is -0.391 e. The minimum absolute atomic E-state index is 0.00137. The molecular formula is C34H54F2N4O3. The fourth-order valence-corrected chi connectivity index (χ4v) is 6.29. The van der Waals surface area contributed by atoms with Gasteiger partial charge in [-0.15, -0.1) is 0 Å². The fourth-order valence-electron chi connectivity index (χ4n) is 6.29. The Morgan fingerprint density at radius 1 is 1.05 bits per heavy atom. The first-order valence-electron chi connectivity index (χ1n) is 16.0. The van der Waals surface area contributed by atoms with Gasteiger partial charge in [0.25, 0.3) is 0 Å². The third kappa shape index (κ3) is 10.5. The lowest BCUT2D eigenvalue weighted by atomic mass is 9.63. The number of halogens is 2. The van der Waals surface area contributed by atoms with Crippen molar-refractivity contribution in [2.75, 3.05) is 39.3 Å². The molecule has 1 aliphatic rings. The van der Waals surface area contributed by atoms with E-state index in [9.17, 15) is 23.5 Å². The van der Waals surface area contributed by atoms with Crippen molar-refractivity contribution in [3.05, 3.63) is 58.7 Å². The molecule has 1 aliphatic carbocycles. The molecule has 0 radical (unpaired) electrons. The van der Waals surface area contributed by atoms with Crippen LogP contribution in [-0.2, 0) is 16.0 Å². The minimum atomic E-state index is -1.44. The Kier molecular flexibility index (Phi) is 15.0. The van der Waals surface area contributed by atoms with E-state index in [-0.39, 0.29) is 31.3 Å². The maximum absolute atomic E-state index is 14.2. The summed E-state index contributed by atoms with van der Waals surface area (Å²) in [4.78, 5) is 31.2. The van der Waals surface area contributed by atoms with Gasteiger partial charge in [-0.2, -0.15) is 0 Å². The van der Waals surface area contributed by atoms with E-state index in [1.165, 1.54) is 12.1 Å². The third-order valence-corrected chi connectivity index (χ3v) is 8.56. The number of nitrogens with one attached hydrogen (secondary N) is 1. The molecule has 0 bridgehead atoms. The van der Waals surface area contributed by atoms with E-state index in [2.05, 4.69) is 31.0 Å². The second kappa shape index (κ2) is 17.6. The summed E-state index contributed by atoms with van der Waals surface area (Å²) in [5.74, 6) is -3.17. The highest BCUT2D eigenvalue weighted by atomic mass is 19.1. The van der Waals surface area contributed by atoms with Gasteiger partial charge >= 0.3 is 0 Å². The fraction of sp³-hybridized carbons (Fsp3) is 0.647. The van der Waals surface area contributed by atoms with Crippen LogP contribution in [0.5, 0.6) is 0 Å². The zero-order chi connectivity index (χ0) is 32.2. The number of amides is 2. The van der Waals surface area contributed by atoms with Gasteiger partial charge in [0.15, 0.2) is 0 Å². The summed E-state index contributed by atoms with van der Waals surface area (Å²) in [7, 11) is 0. The number of carbonyl (C=O) groups is 2. The molecule has 0 saturated carbocycles. The molecule has 0 heterocycles. The Bertz CT molecular complexity index is 1090. The van der Waals surface area contributed by atoms with E-state index in [1.54, 1.807) is 24.0 Å². The van der Waals surface area contributed by atoms with E-state index in [0.717, 1.165) is 51.4 Å². The zero-order valence-electron chi connectivity index (χ0n) is 27.1. The molecule has 1 aromatic carbocycles. The van der Waals surface area contributed by atoms with Gasteiger partial charge in [0, 0.05) is 43.2 Å². The van der Waals surface area contributed by atoms with Crippen LogP contribution in [-0.4, -0.2) is 78.1 Å². The van der Waals surface area contributed by atoms with E-state index >= 15 is 0 Å². The van der Waals surface area contributed by atoms with Crippen molar-refractivity contribution in [1.82, 2.24) is 15.1 Å². The summed E-state index contributed by atoms with van der Waals surface area (Å²) >= 11 is 0. The number of rotatable bonds is 19. The lowest BCUT2D eigenvalue weighted by Gasteiger charge is -2.42. The summed E-state index contributed by atoms with van der Waals surface area (Å²) in [6.07, 6.45) is 5.89. The molecule has 0 aliphatic heterocycles. The lowest BCUT2D eigenvalue weighted by molar-refractivity contribution is -0.132. The van der Waals surface area contributed by atoms with Crippen LogP contribution in [0.25, 0.3) is 0 Å². The third-order valence-electron chi connectivity index (χ3n) is 8.56. The second-order valence-electron chi connectivity index (χ2n) is 12.1. The maximum Gasteiger partial charge on any atom is 0.249 e. The molecule has 4 atom stereocenters. The number of aliphatic hydroxyl groups is 1. The van der Waals surface area contributed by atoms with E-state index in [1.807, 2.05) is 13.8 Å². The largest absolute Gasteiger partial charge is 0.391 e. The number of primary amides is 1. The Morgan fingerprint density at radius 3 is 2.19 bits per heavy atom. The van der Waals surface area contributed by atoms with Crippen LogP contribution in [0.1, 0.15) is 79.2 Å². The van der Waals surface area contributed by atoms with Crippen LogP contribution in [0.4, 0.5) is 8.78 Å². The van der Waals surface area contributed by atoms with Gasteiger partial charge in [-0.25, -0.2) is 8.78 Å². The molecule has 4 N–H and O–H groups in total. The SMILES string of the molecule is CCCN(CCC)C(=O)C1=CC(C)=CC(C(N)=O)([C@H](Cc2cc(F)cc(F)c2)[C@@H](O)CNC(C)CCCN(CC)CC)C1. The number of aliphatic hydroxyl groups excluding tert-OH is 1. The van der Waals surface area contributed by atoms with E-state index < -0.39 is 35.0 Å². The maximum atomic E-state index is 14.2. The van der Waals surface area contributed by atoms with E-state index in [4.69, 9.17) is 5.73 Å². The van der Waals surface area contributed by atoms with Crippen molar-refractivity contribution in [2.24, 2.45) is 17.1 Å². The van der Waals surface area contributed by atoms with Crippen LogP contribution in [0, 0.1) is 23.0 Å². The molecule has 242 valence electrons. The molecule has 2 rings (SSSR count). The van der Waals surface area contributed by atoms with Crippen molar-refractivity contribution in [2.45, 2.75) is 92.2 Å². The van der Waals surface area contributed by atoms with Crippen LogP contribution < -0.4 is 11.1 Å². The molecule has 7 nitrogen and oxygen atoms in total. The summed E-state index contributed by atoms with van der Waals surface area (Å²) in [5.41, 5.74) is 6.12. The molecule has 9 heteroatoms. The number of nitrogens with two attached hydrogens (primary N) is 1. The van der Waals surface area contributed by atoms with Crippen LogP contribution in [0.15, 0.2) is 41.5 Å². The standard InChI is InChI=1S/C34H54F2N4O3/c1-7-13-40(14-8-2)32(42)27-16-24(5)21-34(22-27,33(37)43)30(19-26-17-28(35)20-29(36)18-26)31(41)23-38-25(6)12-11-15-39(9-3)10-4/h16-18,20-21,25,30-31,38,41H,7-15,19,22-23H2,1-6H3,(H2,37,43)/t25?,30-,31+,34?/m1/s1. The first kappa shape index (κ1) is 36.6. The zero-order valence-corrected chi connectivity index (χ0v) is 27.1. The molecule has 2 amide bonds. The summed E-state index contributed by atoms with van der Waals surface area (Å²) in [6, 6.07) is 3.32. The number of carbonyl (C=O) groups excluding carboxylic acids is 2. The number of hydrogen-bond acceptors (Lipinski definition) is 5. The summed E-state index contributed by atoms with van der Waals surface area (Å²) in [6.45, 7) is 16.4. The van der Waals surface area contributed by atoms with Crippen molar-refractivity contribution in [1.29, 1.82) is 0 Å². The average molecular weight is 605 g/mol. The smallest absolute Gasteiger partial charge is 0.249 e. The van der Waals surface area contributed by atoms with Crippen LogP contribution in [0.3, 0.4) is 0 Å². The van der Waals surface area contributed by atoms with Gasteiger partial charge in [-0.1, -0.05) is 45.4 Å². The number of hydrogen-bond donors (Lipinski definition) is 3. The molecule has 2 unspecified atom stereocenters. The Hall–Kier alpha value is -2.62. The first-order valence-corrected chi connectivity index (χ1v) is 16.0. The van der Waals surface area contributed by atoms with Gasteiger partial charge in [-0.05, 0) is 89.7 Å². The molecule has 1 aromatic rings. The van der Waals surface area contributed by atoms with Crippen LogP contribution >= 0.6 is 0 Å². The molecular weight excluding hydrogens is 550 g/mol. The molecule has 0 spiro atoms. The summed E-state index contributed by atoms with van der Waals surface area (Å²) in [5, 5.41) is 15.1. The first-order chi connectivity index (χ1) is 20.4. The molecule has 0 saturated heterocycles. The topological polar surface area (TPSA) is 98.9 Å². The van der Waals surface area contributed by atoms with Crippen LogP contribution in [0.2, 0.25) is 0 Å². The average Bonchev–Trinajstić information content (AvgIpc) is 2.95. The quantitative estimate of drug-likeness (QED) is 0.207. The van der Waals surface area contributed by atoms with Gasteiger partial charge < -0.3 is 26.0 Å². The highest BCUT2D eigenvalue weighted by Gasteiger charge is 2.48. The Morgan fingerprint density at radius 2 is 1.65 bits per heavy atom. The number of allylic oxidation sites excluding steroid dienone is 2. The highest BCUT2D eigenvalue weighted by molar-refractivity contribution is 5.96. The highest BCUT2D eigenvalue weighted by Crippen LogP contribution is 2.44. The van der Waals surface area contributed by atoms with E-state index in [0.29, 0.717) is 29.8 Å². The summed E-state index contributed by atoms with van der Waals surface area (Å²) < 4.78 is 28.5. The van der Waals surface area contributed by atoms with Gasteiger partial charge in [-0.3, -0.25) is 9.59 Å². The predicted octanol–water partition coefficient (Wildman–Crippen LogP) is 4.98. The molecule has 0 aromatic heterocycles. The van der Waals surface area contributed by atoms with Gasteiger partial charge in [0.1, 0.15) is 11.6 Å². The molecule has 43 heavy (non-hydrogen) atoms. The van der Waals surface area contributed by atoms with Gasteiger partial charge in [0.05, 0.1) is 11.5 Å². The van der Waals surface area contributed by atoms with Crippen molar-refractivity contribution in [3.8, 4) is 0 Å². The Balaban J connectivity index is 2.41. The normalized spacial score (nSPS) is 19.0. The predicted molar refractivity (Wildman–Crippen MR) is 169 cm³/mol. The van der Waals surface area contributed by atoms with Crippen molar-refractivity contribution < 1.29 is 23.5 Å². The number of benzene rings is 1. The number of nitrogens with zero attached hydrogens (tertiary/aromatic N) is 2. The lowest BCUT2D eigenvalue weighted by Crippen LogP contribution is -2.52. The second-order valence-corrected chi connectivity index (χ2v) is 12.1. The monoisotopic (exact) mass is 604 g/mol. The van der Waals surface area contributed by atoms with Crippen molar-refractivity contribution >= 4 is 11.8 Å². The van der Waals surface area contributed by atoms with Crippen molar-refractivity contribution in [3.63, 3.8) is 0 Å². The van der Waals surface area contributed by atoms with Gasteiger partial charge in [0.2, 0.25) is 11.8 Å². The molecule has 0 fully saturated rings.